The van der Waals surface area contributed by atoms with Crippen molar-refractivity contribution in [1.29, 1.82) is 0 Å². The maximum absolute atomic E-state index is 13.6. The summed E-state index contributed by atoms with van der Waals surface area (Å²) < 4.78 is 31.8. The summed E-state index contributed by atoms with van der Waals surface area (Å²) in [6.07, 6.45) is 0.953. The van der Waals surface area contributed by atoms with Crippen molar-refractivity contribution in [3.8, 4) is 5.75 Å². The second kappa shape index (κ2) is 4.37. The van der Waals surface area contributed by atoms with Gasteiger partial charge in [0.2, 0.25) is 0 Å². The average molecular weight is 227 g/mol. The van der Waals surface area contributed by atoms with Crippen molar-refractivity contribution in [3.05, 3.63) is 29.3 Å². The van der Waals surface area contributed by atoms with Gasteiger partial charge in [-0.25, -0.2) is 8.78 Å². The zero-order valence-electron chi connectivity index (χ0n) is 9.39. The largest absolute Gasteiger partial charge is 0.491 e. The van der Waals surface area contributed by atoms with Crippen LogP contribution in [0.4, 0.5) is 8.78 Å². The molecule has 1 N–H and O–H groups in total. The van der Waals surface area contributed by atoms with E-state index < -0.39 is 11.6 Å². The van der Waals surface area contributed by atoms with Gasteiger partial charge >= 0.3 is 0 Å². The number of rotatable bonds is 3. The van der Waals surface area contributed by atoms with Crippen LogP contribution in [0.5, 0.6) is 5.75 Å². The molecule has 0 fully saturated rings. The molecular weight excluding hydrogens is 212 g/mol. The maximum Gasteiger partial charge on any atom is 0.134 e. The molecule has 0 saturated carbocycles. The number of fused-ring (bicyclic) bond motifs is 1. The predicted octanol–water partition coefficient (Wildman–Crippen LogP) is 2.79. The van der Waals surface area contributed by atoms with E-state index in [1.807, 2.05) is 6.92 Å². The van der Waals surface area contributed by atoms with Gasteiger partial charge in [0.05, 0.1) is 11.6 Å². The van der Waals surface area contributed by atoms with Gasteiger partial charge in [-0.15, -0.1) is 0 Å². The number of hydrogen-bond donors (Lipinski definition) is 1. The van der Waals surface area contributed by atoms with Crippen LogP contribution in [0, 0.1) is 11.6 Å². The third-order valence-corrected chi connectivity index (χ3v) is 2.91. The molecule has 2 unspecified atom stereocenters. The van der Waals surface area contributed by atoms with Crippen molar-refractivity contribution in [1.82, 2.24) is 5.32 Å². The third-order valence-electron chi connectivity index (χ3n) is 2.91. The molecule has 1 heterocycles. The molecule has 16 heavy (non-hydrogen) atoms. The molecule has 1 aliphatic rings. The van der Waals surface area contributed by atoms with Crippen molar-refractivity contribution in [3.63, 3.8) is 0 Å². The standard InChI is InChI=1S/C12H15F2NO/c1-3-7(2)15-10-6-16-11-5-8(13)4-9(14)12(10)11/h4-5,7,10,15H,3,6H2,1-2H3. The Morgan fingerprint density at radius 2 is 2.25 bits per heavy atom. The zero-order valence-corrected chi connectivity index (χ0v) is 9.39. The Morgan fingerprint density at radius 1 is 1.50 bits per heavy atom. The van der Waals surface area contributed by atoms with E-state index in [9.17, 15) is 8.78 Å². The van der Waals surface area contributed by atoms with Gasteiger partial charge in [-0.05, 0) is 13.3 Å². The fraction of sp³-hybridized carbons (Fsp3) is 0.500. The summed E-state index contributed by atoms with van der Waals surface area (Å²) in [6, 6.07) is 2.24. The van der Waals surface area contributed by atoms with E-state index in [2.05, 4.69) is 12.2 Å². The summed E-state index contributed by atoms with van der Waals surface area (Å²) in [5.41, 5.74) is 0.446. The first-order valence-electron chi connectivity index (χ1n) is 5.49. The second-order valence-corrected chi connectivity index (χ2v) is 4.14. The lowest BCUT2D eigenvalue weighted by Gasteiger charge is -2.17. The molecule has 2 nitrogen and oxygen atoms in total. The SMILES string of the molecule is CCC(C)NC1COc2cc(F)cc(F)c21. The summed E-state index contributed by atoms with van der Waals surface area (Å²) >= 11 is 0. The van der Waals surface area contributed by atoms with Crippen molar-refractivity contribution in [2.45, 2.75) is 32.4 Å². The Labute approximate surface area is 93.6 Å². The lowest BCUT2D eigenvalue weighted by molar-refractivity contribution is 0.297. The summed E-state index contributed by atoms with van der Waals surface area (Å²) in [4.78, 5) is 0. The molecular formula is C12H15F2NO. The molecule has 0 bridgehead atoms. The van der Waals surface area contributed by atoms with Crippen molar-refractivity contribution in [2.24, 2.45) is 0 Å². The summed E-state index contributed by atoms with van der Waals surface area (Å²) in [5, 5.41) is 3.26. The Kier molecular flexibility index (Phi) is 3.10. The smallest absolute Gasteiger partial charge is 0.134 e. The van der Waals surface area contributed by atoms with Crippen LogP contribution in [0.25, 0.3) is 0 Å². The molecule has 4 heteroatoms. The quantitative estimate of drug-likeness (QED) is 0.857. The van der Waals surface area contributed by atoms with E-state index in [1.165, 1.54) is 6.07 Å². The van der Waals surface area contributed by atoms with E-state index in [-0.39, 0.29) is 12.1 Å². The van der Waals surface area contributed by atoms with Crippen molar-refractivity contribution < 1.29 is 13.5 Å². The summed E-state index contributed by atoms with van der Waals surface area (Å²) in [5.74, 6) is -0.813. The van der Waals surface area contributed by atoms with Crippen LogP contribution < -0.4 is 10.1 Å². The van der Waals surface area contributed by atoms with E-state index in [1.54, 1.807) is 0 Å². The van der Waals surface area contributed by atoms with Crippen LogP contribution in [0.15, 0.2) is 12.1 Å². The summed E-state index contributed by atoms with van der Waals surface area (Å²) in [6.45, 7) is 4.44. The number of benzene rings is 1. The molecule has 0 aromatic heterocycles. The molecule has 2 atom stereocenters. The minimum absolute atomic E-state index is 0.175. The van der Waals surface area contributed by atoms with Gasteiger partial charge in [-0.2, -0.15) is 0 Å². The van der Waals surface area contributed by atoms with E-state index in [0.717, 1.165) is 12.5 Å². The normalized spacial score (nSPS) is 20.4. The molecule has 0 radical (unpaired) electrons. The van der Waals surface area contributed by atoms with Crippen molar-refractivity contribution in [2.75, 3.05) is 6.61 Å². The second-order valence-electron chi connectivity index (χ2n) is 4.14. The Morgan fingerprint density at radius 3 is 2.94 bits per heavy atom. The fourth-order valence-corrected chi connectivity index (χ4v) is 1.87. The zero-order chi connectivity index (χ0) is 11.7. The number of halogens is 2. The van der Waals surface area contributed by atoms with Gasteiger partial charge in [-0.1, -0.05) is 6.92 Å². The molecule has 0 saturated heterocycles. The third kappa shape index (κ3) is 2.02. The first-order chi connectivity index (χ1) is 7.61. The molecule has 88 valence electrons. The Bertz CT molecular complexity index is 395. The van der Waals surface area contributed by atoms with Crippen LogP contribution in [-0.4, -0.2) is 12.6 Å². The van der Waals surface area contributed by atoms with Crippen LogP contribution in [0.1, 0.15) is 31.9 Å². The molecule has 0 amide bonds. The molecule has 1 aliphatic heterocycles. The van der Waals surface area contributed by atoms with Gasteiger partial charge in [0, 0.05) is 18.2 Å². The van der Waals surface area contributed by atoms with Gasteiger partial charge in [0.15, 0.2) is 0 Å². The number of ether oxygens (including phenoxy) is 1. The highest BCUT2D eigenvalue weighted by Crippen LogP contribution is 2.35. The first-order valence-corrected chi connectivity index (χ1v) is 5.49. The molecule has 0 spiro atoms. The lowest BCUT2D eigenvalue weighted by atomic mass is 10.1. The number of hydrogen-bond acceptors (Lipinski definition) is 2. The Hall–Kier alpha value is -1.16. The fourth-order valence-electron chi connectivity index (χ4n) is 1.87. The molecule has 2 rings (SSSR count). The van der Waals surface area contributed by atoms with E-state index >= 15 is 0 Å². The topological polar surface area (TPSA) is 21.3 Å². The van der Waals surface area contributed by atoms with Crippen LogP contribution in [-0.2, 0) is 0 Å². The van der Waals surface area contributed by atoms with Gasteiger partial charge in [-0.3, -0.25) is 0 Å². The highest BCUT2D eigenvalue weighted by Gasteiger charge is 2.29. The van der Waals surface area contributed by atoms with E-state index in [4.69, 9.17) is 4.74 Å². The predicted molar refractivity (Wildman–Crippen MR) is 57.5 cm³/mol. The van der Waals surface area contributed by atoms with Crippen LogP contribution in [0.2, 0.25) is 0 Å². The van der Waals surface area contributed by atoms with Crippen molar-refractivity contribution >= 4 is 0 Å². The molecule has 1 aromatic carbocycles. The molecule has 0 aliphatic carbocycles. The minimum Gasteiger partial charge on any atom is -0.491 e. The highest BCUT2D eigenvalue weighted by atomic mass is 19.1. The van der Waals surface area contributed by atoms with Crippen LogP contribution in [0.3, 0.4) is 0 Å². The highest BCUT2D eigenvalue weighted by molar-refractivity contribution is 5.41. The lowest BCUT2D eigenvalue weighted by Crippen LogP contribution is -2.31. The Balaban J connectivity index is 2.25. The molecule has 1 aromatic rings. The summed E-state index contributed by atoms with van der Waals surface area (Å²) in [7, 11) is 0. The van der Waals surface area contributed by atoms with Gasteiger partial charge in [0.1, 0.15) is 24.0 Å². The first kappa shape index (κ1) is 11.3. The van der Waals surface area contributed by atoms with Gasteiger partial charge in [0.25, 0.3) is 0 Å². The van der Waals surface area contributed by atoms with Crippen LogP contribution >= 0.6 is 0 Å². The monoisotopic (exact) mass is 227 g/mol. The van der Waals surface area contributed by atoms with E-state index in [0.29, 0.717) is 17.9 Å². The van der Waals surface area contributed by atoms with Gasteiger partial charge < -0.3 is 10.1 Å². The maximum atomic E-state index is 13.6. The number of nitrogens with one attached hydrogen (secondary N) is 1. The minimum atomic E-state index is -0.597. The average Bonchev–Trinajstić information content (AvgIpc) is 2.61.